The molecule has 1 aromatic carbocycles. The van der Waals surface area contributed by atoms with Gasteiger partial charge in [0.1, 0.15) is 0 Å². The molecule has 1 aliphatic heterocycles. The quantitative estimate of drug-likeness (QED) is 0.604. The number of thiophene rings is 1. The lowest BCUT2D eigenvalue weighted by molar-refractivity contribution is -0.115. The summed E-state index contributed by atoms with van der Waals surface area (Å²) in [7, 11) is 0. The highest BCUT2D eigenvalue weighted by Gasteiger charge is 2.23. The van der Waals surface area contributed by atoms with Gasteiger partial charge in [-0.1, -0.05) is 24.3 Å². The Bertz CT molecular complexity index is 801. The molecule has 156 valence electrons. The van der Waals surface area contributed by atoms with E-state index in [0.717, 1.165) is 35.4 Å². The Morgan fingerprint density at radius 3 is 2.66 bits per heavy atom. The van der Waals surface area contributed by atoms with E-state index in [2.05, 4.69) is 17.6 Å². The number of likely N-dealkylation sites (tertiary alicyclic amines) is 1. The molecule has 0 spiro atoms. The first-order chi connectivity index (χ1) is 14.0. The highest BCUT2D eigenvalue weighted by Crippen LogP contribution is 2.23. The smallest absolute Gasteiger partial charge is 0.407 e. The molecule has 2 heterocycles. The number of rotatable bonds is 8. The molecule has 29 heavy (non-hydrogen) atoms. The summed E-state index contributed by atoms with van der Waals surface area (Å²) < 4.78 is 0. The summed E-state index contributed by atoms with van der Waals surface area (Å²) in [6.45, 7) is 4.11. The first-order valence-electron chi connectivity index (χ1n) is 10.1. The first kappa shape index (κ1) is 21.3. The summed E-state index contributed by atoms with van der Waals surface area (Å²) in [5.41, 5.74) is 1.92. The summed E-state index contributed by atoms with van der Waals surface area (Å²) in [5, 5.41) is 17.6. The van der Waals surface area contributed by atoms with Gasteiger partial charge in [0.15, 0.2) is 0 Å². The molecule has 6 nitrogen and oxygen atoms in total. The Hall–Kier alpha value is -2.38. The van der Waals surface area contributed by atoms with Crippen LogP contribution in [-0.2, 0) is 17.8 Å². The van der Waals surface area contributed by atoms with E-state index in [4.69, 9.17) is 5.11 Å². The third kappa shape index (κ3) is 6.58. The van der Waals surface area contributed by atoms with Crippen LogP contribution in [0.1, 0.15) is 36.6 Å². The van der Waals surface area contributed by atoms with Crippen LogP contribution in [0.4, 0.5) is 10.5 Å². The number of carbonyl (C=O) groups is 2. The zero-order valence-corrected chi connectivity index (χ0v) is 17.6. The molecule has 0 bridgehead atoms. The van der Waals surface area contributed by atoms with Gasteiger partial charge in [-0.25, -0.2) is 4.79 Å². The van der Waals surface area contributed by atoms with Crippen LogP contribution < -0.4 is 10.6 Å². The molecule has 1 unspecified atom stereocenters. The van der Waals surface area contributed by atoms with Crippen molar-refractivity contribution in [3.63, 3.8) is 0 Å². The van der Waals surface area contributed by atoms with Crippen LogP contribution in [0, 0.1) is 5.92 Å². The minimum atomic E-state index is -0.813. The fourth-order valence-corrected chi connectivity index (χ4v) is 4.49. The highest BCUT2D eigenvalue weighted by molar-refractivity contribution is 7.10. The van der Waals surface area contributed by atoms with Gasteiger partial charge in [-0.05, 0) is 55.2 Å². The SMILES string of the molecule is CC(CC1CCN(C(=O)O)CC1)NCc1ccccc1NC(=O)Cc1cccs1. The topological polar surface area (TPSA) is 81.7 Å². The van der Waals surface area contributed by atoms with Crippen molar-refractivity contribution < 1.29 is 14.7 Å². The van der Waals surface area contributed by atoms with Crippen LogP contribution in [0.5, 0.6) is 0 Å². The molecule has 1 aliphatic rings. The summed E-state index contributed by atoms with van der Waals surface area (Å²) in [6, 6.07) is 12.1. The summed E-state index contributed by atoms with van der Waals surface area (Å²) >= 11 is 1.59. The van der Waals surface area contributed by atoms with Gasteiger partial charge in [-0.2, -0.15) is 0 Å². The van der Waals surface area contributed by atoms with E-state index in [1.54, 1.807) is 11.3 Å². The van der Waals surface area contributed by atoms with E-state index in [9.17, 15) is 9.59 Å². The number of para-hydroxylation sites is 1. The van der Waals surface area contributed by atoms with Gasteiger partial charge in [0.2, 0.25) is 5.91 Å². The van der Waals surface area contributed by atoms with Crippen molar-refractivity contribution in [3.05, 3.63) is 52.2 Å². The zero-order valence-electron chi connectivity index (χ0n) is 16.8. The fourth-order valence-electron chi connectivity index (χ4n) is 3.79. The Kier molecular flexibility index (Phi) is 7.66. The third-order valence-electron chi connectivity index (χ3n) is 5.42. The van der Waals surface area contributed by atoms with Crippen LogP contribution >= 0.6 is 11.3 Å². The molecule has 0 radical (unpaired) electrons. The summed E-state index contributed by atoms with van der Waals surface area (Å²) in [5.74, 6) is 0.548. The number of nitrogens with one attached hydrogen (secondary N) is 2. The molecule has 0 saturated carbocycles. The molecular formula is C22H29N3O3S. The van der Waals surface area contributed by atoms with Crippen molar-refractivity contribution >= 4 is 29.0 Å². The number of carboxylic acid groups (broad SMARTS) is 1. The monoisotopic (exact) mass is 415 g/mol. The normalized spacial score (nSPS) is 15.8. The summed E-state index contributed by atoms with van der Waals surface area (Å²) in [6.07, 6.45) is 2.46. The van der Waals surface area contributed by atoms with Crippen molar-refractivity contribution in [1.29, 1.82) is 0 Å². The number of piperidine rings is 1. The number of nitrogens with zero attached hydrogens (tertiary/aromatic N) is 1. The fraction of sp³-hybridized carbons (Fsp3) is 0.455. The number of carbonyl (C=O) groups excluding carboxylic acids is 1. The van der Waals surface area contributed by atoms with Gasteiger partial charge in [0.05, 0.1) is 6.42 Å². The molecule has 1 aromatic heterocycles. The molecule has 7 heteroatoms. The maximum absolute atomic E-state index is 12.3. The Morgan fingerprint density at radius 1 is 1.21 bits per heavy atom. The molecule has 1 saturated heterocycles. The second-order valence-corrected chi connectivity index (χ2v) is 8.72. The third-order valence-corrected chi connectivity index (χ3v) is 6.30. The van der Waals surface area contributed by atoms with Crippen LogP contribution in [0.15, 0.2) is 41.8 Å². The van der Waals surface area contributed by atoms with Crippen molar-refractivity contribution in [2.24, 2.45) is 5.92 Å². The van der Waals surface area contributed by atoms with E-state index in [1.807, 2.05) is 41.8 Å². The van der Waals surface area contributed by atoms with Crippen LogP contribution in [-0.4, -0.2) is 41.1 Å². The molecule has 2 aromatic rings. The molecule has 3 rings (SSSR count). The lowest BCUT2D eigenvalue weighted by atomic mass is 9.91. The van der Waals surface area contributed by atoms with Gasteiger partial charge < -0.3 is 20.6 Å². The van der Waals surface area contributed by atoms with E-state index in [0.29, 0.717) is 38.0 Å². The zero-order chi connectivity index (χ0) is 20.6. The Labute approximate surface area is 175 Å². The van der Waals surface area contributed by atoms with Crippen molar-refractivity contribution in [2.75, 3.05) is 18.4 Å². The van der Waals surface area contributed by atoms with Gasteiger partial charge >= 0.3 is 6.09 Å². The standard InChI is InChI=1S/C22H29N3O3S/c1-16(13-17-8-10-25(11-9-17)22(27)28)23-15-18-5-2-3-7-20(18)24-21(26)14-19-6-4-12-29-19/h2-7,12,16-17,23H,8-11,13-15H2,1H3,(H,24,26)(H,27,28). The molecule has 1 atom stereocenters. The predicted molar refractivity (Wildman–Crippen MR) is 116 cm³/mol. The second kappa shape index (κ2) is 10.4. The maximum atomic E-state index is 12.3. The molecule has 2 amide bonds. The molecule has 1 fully saturated rings. The lowest BCUT2D eigenvalue weighted by Gasteiger charge is -2.31. The van der Waals surface area contributed by atoms with E-state index in [-0.39, 0.29) is 5.91 Å². The second-order valence-electron chi connectivity index (χ2n) is 7.69. The largest absolute Gasteiger partial charge is 0.465 e. The number of hydrogen-bond acceptors (Lipinski definition) is 4. The van der Waals surface area contributed by atoms with E-state index >= 15 is 0 Å². The number of anilines is 1. The average molecular weight is 416 g/mol. The van der Waals surface area contributed by atoms with Crippen molar-refractivity contribution in [3.8, 4) is 0 Å². The highest BCUT2D eigenvalue weighted by atomic mass is 32.1. The van der Waals surface area contributed by atoms with Crippen LogP contribution in [0.25, 0.3) is 0 Å². The minimum absolute atomic E-state index is 0.00172. The van der Waals surface area contributed by atoms with E-state index in [1.165, 1.54) is 4.90 Å². The van der Waals surface area contributed by atoms with Gasteiger partial charge in [0.25, 0.3) is 0 Å². The summed E-state index contributed by atoms with van der Waals surface area (Å²) in [4.78, 5) is 25.9. The minimum Gasteiger partial charge on any atom is -0.465 e. The van der Waals surface area contributed by atoms with Gasteiger partial charge in [-0.3, -0.25) is 4.79 Å². The molecule has 0 aliphatic carbocycles. The Balaban J connectivity index is 1.46. The maximum Gasteiger partial charge on any atom is 0.407 e. The van der Waals surface area contributed by atoms with Gasteiger partial charge in [-0.15, -0.1) is 11.3 Å². The van der Waals surface area contributed by atoms with Crippen LogP contribution in [0.2, 0.25) is 0 Å². The number of benzene rings is 1. The lowest BCUT2D eigenvalue weighted by Crippen LogP contribution is -2.39. The average Bonchev–Trinajstić information content (AvgIpc) is 3.20. The first-order valence-corrected chi connectivity index (χ1v) is 11.0. The van der Waals surface area contributed by atoms with Crippen molar-refractivity contribution in [2.45, 2.75) is 45.2 Å². The molecule has 3 N–H and O–H groups in total. The molecular weight excluding hydrogens is 386 g/mol. The number of amides is 2. The number of hydrogen-bond donors (Lipinski definition) is 3. The van der Waals surface area contributed by atoms with Crippen molar-refractivity contribution in [1.82, 2.24) is 10.2 Å². The Morgan fingerprint density at radius 2 is 1.97 bits per heavy atom. The van der Waals surface area contributed by atoms with Crippen LogP contribution in [0.3, 0.4) is 0 Å². The predicted octanol–water partition coefficient (Wildman–Crippen LogP) is 4.19. The van der Waals surface area contributed by atoms with E-state index < -0.39 is 6.09 Å². The van der Waals surface area contributed by atoms with Gasteiger partial charge in [0, 0.05) is 36.2 Å².